The third kappa shape index (κ3) is 4.09. The van der Waals surface area contributed by atoms with E-state index in [-0.39, 0.29) is 23.8 Å². The summed E-state index contributed by atoms with van der Waals surface area (Å²) in [6.45, 7) is 5.33. The number of carbonyl (C=O) groups excluding carboxylic acids is 2. The van der Waals surface area contributed by atoms with Crippen LogP contribution in [0.4, 0.5) is 0 Å². The number of likely N-dealkylation sites (tertiary alicyclic amines) is 1. The summed E-state index contributed by atoms with van der Waals surface area (Å²) in [5.74, 6) is -0.0857. The summed E-state index contributed by atoms with van der Waals surface area (Å²) >= 11 is 0. The van der Waals surface area contributed by atoms with Crippen LogP contribution in [-0.4, -0.2) is 35.8 Å². The summed E-state index contributed by atoms with van der Waals surface area (Å²) in [5.41, 5.74) is 0.551. The van der Waals surface area contributed by atoms with Gasteiger partial charge in [0, 0.05) is 19.1 Å². The number of nitrogens with one attached hydrogen (secondary N) is 1. The molecule has 0 aromatic carbocycles. The standard InChI is InChI=1S/C16H24N2O3/c1-3-5-12(2)17-15(19)13-6-4-8-18(10-13)16(20)14-7-9-21-11-14/h7,9,11-13H,3-6,8,10H2,1-2H3,(H,17,19). The molecule has 1 fully saturated rings. The normalized spacial score (nSPS) is 20.1. The second-order valence-corrected chi connectivity index (χ2v) is 5.80. The molecular formula is C16H24N2O3. The lowest BCUT2D eigenvalue weighted by molar-refractivity contribution is -0.127. The minimum Gasteiger partial charge on any atom is -0.472 e. The van der Waals surface area contributed by atoms with Crippen molar-refractivity contribution in [2.75, 3.05) is 13.1 Å². The van der Waals surface area contributed by atoms with Crippen LogP contribution >= 0.6 is 0 Å². The first-order valence-corrected chi connectivity index (χ1v) is 7.73. The van der Waals surface area contributed by atoms with Gasteiger partial charge in [0.15, 0.2) is 0 Å². The molecule has 116 valence electrons. The van der Waals surface area contributed by atoms with Crippen LogP contribution in [0.3, 0.4) is 0 Å². The van der Waals surface area contributed by atoms with Gasteiger partial charge >= 0.3 is 0 Å². The Bertz CT molecular complexity index is 470. The van der Waals surface area contributed by atoms with Gasteiger partial charge in [-0.15, -0.1) is 0 Å². The number of carbonyl (C=O) groups is 2. The Morgan fingerprint density at radius 2 is 2.33 bits per heavy atom. The van der Waals surface area contributed by atoms with Crippen molar-refractivity contribution >= 4 is 11.8 Å². The minimum atomic E-state index is -0.103. The van der Waals surface area contributed by atoms with Gasteiger partial charge in [0.2, 0.25) is 5.91 Å². The van der Waals surface area contributed by atoms with Gasteiger partial charge in [0.25, 0.3) is 5.91 Å². The molecule has 5 nitrogen and oxygen atoms in total. The Labute approximate surface area is 125 Å². The van der Waals surface area contributed by atoms with E-state index in [1.165, 1.54) is 12.5 Å². The average Bonchev–Trinajstić information content (AvgIpc) is 3.01. The largest absolute Gasteiger partial charge is 0.472 e. The molecule has 5 heteroatoms. The zero-order valence-electron chi connectivity index (χ0n) is 12.8. The molecule has 1 N–H and O–H groups in total. The van der Waals surface area contributed by atoms with Gasteiger partial charge in [-0.2, -0.15) is 0 Å². The molecule has 1 aliphatic heterocycles. The molecule has 1 saturated heterocycles. The molecular weight excluding hydrogens is 268 g/mol. The summed E-state index contributed by atoms with van der Waals surface area (Å²) in [6, 6.07) is 1.86. The van der Waals surface area contributed by atoms with Gasteiger partial charge in [-0.3, -0.25) is 9.59 Å². The molecule has 1 aromatic rings. The fourth-order valence-electron chi connectivity index (χ4n) is 2.81. The SMILES string of the molecule is CCCC(C)NC(=O)C1CCCN(C(=O)c2ccoc2)C1. The molecule has 2 amide bonds. The van der Waals surface area contributed by atoms with Crippen LogP contribution < -0.4 is 5.32 Å². The van der Waals surface area contributed by atoms with Crippen molar-refractivity contribution < 1.29 is 14.0 Å². The first kappa shape index (κ1) is 15.6. The number of amides is 2. The molecule has 0 spiro atoms. The Hall–Kier alpha value is -1.78. The van der Waals surface area contributed by atoms with Gasteiger partial charge < -0.3 is 14.6 Å². The predicted octanol–water partition coefficient (Wildman–Crippen LogP) is 2.44. The van der Waals surface area contributed by atoms with Crippen molar-refractivity contribution in [3.63, 3.8) is 0 Å². The summed E-state index contributed by atoms with van der Waals surface area (Å²) in [5, 5.41) is 3.05. The molecule has 0 radical (unpaired) electrons. The summed E-state index contributed by atoms with van der Waals surface area (Å²) < 4.78 is 4.95. The fourth-order valence-corrected chi connectivity index (χ4v) is 2.81. The van der Waals surface area contributed by atoms with Crippen molar-refractivity contribution in [1.82, 2.24) is 10.2 Å². The molecule has 0 bridgehead atoms. The summed E-state index contributed by atoms with van der Waals surface area (Å²) in [6.07, 6.45) is 6.69. The third-order valence-electron chi connectivity index (χ3n) is 3.96. The number of furan rings is 1. The van der Waals surface area contributed by atoms with Crippen LogP contribution in [0.15, 0.2) is 23.0 Å². The molecule has 0 aliphatic carbocycles. The van der Waals surface area contributed by atoms with Gasteiger partial charge in [-0.25, -0.2) is 0 Å². The van der Waals surface area contributed by atoms with E-state index in [0.29, 0.717) is 18.7 Å². The molecule has 2 heterocycles. The Kier molecular flexibility index (Phi) is 5.42. The van der Waals surface area contributed by atoms with Crippen LogP contribution in [0, 0.1) is 5.92 Å². The monoisotopic (exact) mass is 292 g/mol. The zero-order valence-corrected chi connectivity index (χ0v) is 12.8. The first-order chi connectivity index (χ1) is 10.1. The average molecular weight is 292 g/mol. The van der Waals surface area contributed by atoms with Crippen LogP contribution in [0.5, 0.6) is 0 Å². The molecule has 2 rings (SSSR count). The van der Waals surface area contributed by atoms with E-state index in [0.717, 1.165) is 25.7 Å². The van der Waals surface area contributed by atoms with Crippen molar-refractivity contribution in [2.24, 2.45) is 5.92 Å². The smallest absolute Gasteiger partial charge is 0.257 e. The van der Waals surface area contributed by atoms with E-state index in [4.69, 9.17) is 4.42 Å². The van der Waals surface area contributed by atoms with Gasteiger partial charge in [-0.05, 0) is 32.3 Å². The van der Waals surface area contributed by atoms with Crippen molar-refractivity contribution in [1.29, 1.82) is 0 Å². The Morgan fingerprint density at radius 1 is 1.52 bits per heavy atom. The molecule has 2 atom stereocenters. The fraction of sp³-hybridized carbons (Fsp3) is 0.625. The van der Waals surface area contributed by atoms with Crippen LogP contribution in [-0.2, 0) is 4.79 Å². The van der Waals surface area contributed by atoms with Crippen LogP contribution in [0.2, 0.25) is 0 Å². The van der Waals surface area contributed by atoms with Gasteiger partial charge in [-0.1, -0.05) is 13.3 Å². The molecule has 21 heavy (non-hydrogen) atoms. The van der Waals surface area contributed by atoms with E-state index in [1.54, 1.807) is 11.0 Å². The minimum absolute atomic E-state index is 0.0529. The lowest BCUT2D eigenvalue weighted by Gasteiger charge is -2.32. The molecule has 0 saturated carbocycles. The van der Waals surface area contributed by atoms with E-state index >= 15 is 0 Å². The van der Waals surface area contributed by atoms with E-state index in [1.807, 2.05) is 6.92 Å². The van der Waals surface area contributed by atoms with Gasteiger partial charge in [0.1, 0.15) is 6.26 Å². The maximum absolute atomic E-state index is 12.3. The number of nitrogens with zero attached hydrogens (tertiary/aromatic N) is 1. The predicted molar refractivity (Wildman–Crippen MR) is 79.8 cm³/mol. The highest BCUT2D eigenvalue weighted by Gasteiger charge is 2.29. The summed E-state index contributed by atoms with van der Waals surface area (Å²) in [4.78, 5) is 26.3. The van der Waals surface area contributed by atoms with E-state index in [9.17, 15) is 9.59 Å². The number of hydrogen-bond acceptors (Lipinski definition) is 3. The zero-order chi connectivity index (χ0) is 15.2. The quantitative estimate of drug-likeness (QED) is 0.906. The Balaban J connectivity index is 1.91. The maximum Gasteiger partial charge on any atom is 0.257 e. The highest BCUT2D eigenvalue weighted by atomic mass is 16.3. The van der Waals surface area contributed by atoms with Crippen molar-refractivity contribution in [2.45, 2.75) is 45.6 Å². The third-order valence-corrected chi connectivity index (χ3v) is 3.96. The van der Waals surface area contributed by atoms with Gasteiger partial charge in [0.05, 0.1) is 17.7 Å². The Morgan fingerprint density at radius 3 is 3.00 bits per heavy atom. The van der Waals surface area contributed by atoms with Crippen molar-refractivity contribution in [3.8, 4) is 0 Å². The topological polar surface area (TPSA) is 62.6 Å². The van der Waals surface area contributed by atoms with Crippen molar-refractivity contribution in [3.05, 3.63) is 24.2 Å². The number of rotatable bonds is 5. The number of hydrogen-bond donors (Lipinski definition) is 1. The van der Waals surface area contributed by atoms with E-state index in [2.05, 4.69) is 12.2 Å². The highest BCUT2D eigenvalue weighted by Crippen LogP contribution is 2.19. The summed E-state index contributed by atoms with van der Waals surface area (Å²) in [7, 11) is 0. The molecule has 1 aliphatic rings. The lowest BCUT2D eigenvalue weighted by atomic mass is 9.96. The van der Waals surface area contributed by atoms with Crippen LogP contribution in [0.1, 0.15) is 49.9 Å². The highest BCUT2D eigenvalue weighted by molar-refractivity contribution is 5.94. The second-order valence-electron chi connectivity index (χ2n) is 5.80. The van der Waals surface area contributed by atoms with E-state index < -0.39 is 0 Å². The molecule has 2 unspecified atom stereocenters. The second kappa shape index (κ2) is 7.29. The first-order valence-electron chi connectivity index (χ1n) is 7.73. The maximum atomic E-state index is 12.3. The van der Waals surface area contributed by atoms with Crippen LogP contribution in [0.25, 0.3) is 0 Å². The molecule has 1 aromatic heterocycles. The number of piperidine rings is 1. The lowest BCUT2D eigenvalue weighted by Crippen LogP contribution is -2.47.